The van der Waals surface area contributed by atoms with Crippen LogP contribution in [0.2, 0.25) is 0 Å². The minimum Gasteiger partial charge on any atom is -0.381 e. The smallest absolute Gasteiger partial charge is 0.244 e. The molecule has 0 aliphatic carbocycles. The van der Waals surface area contributed by atoms with Crippen LogP contribution in [-0.4, -0.2) is 96.0 Å². The topological polar surface area (TPSA) is 53.8 Å². The van der Waals surface area contributed by atoms with Gasteiger partial charge in [0.2, 0.25) is 5.91 Å². The summed E-state index contributed by atoms with van der Waals surface area (Å²) in [7, 11) is 2.18. The molecule has 7 heteroatoms. The zero-order chi connectivity index (χ0) is 18.4. The van der Waals surface area contributed by atoms with Crippen LogP contribution in [-0.2, 0) is 16.1 Å². The lowest BCUT2D eigenvalue weighted by molar-refractivity contribution is -0.136. The first-order chi connectivity index (χ1) is 12.6. The van der Waals surface area contributed by atoms with Gasteiger partial charge in [0.25, 0.3) is 0 Å². The number of carbonyl (C=O) groups excluding carboxylic acids is 1. The predicted octanol–water partition coefficient (Wildman–Crippen LogP) is 0.837. The van der Waals surface area contributed by atoms with Crippen molar-refractivity contribution in [3.63, 3.8) is 0 Å². The lowest BCUT2D eigenvalue weighted by Crippen LogP contribution is -2.47. The Hall–Kier alpha value is -1.44. The summed E-state index contributed by atoms with van der Waals surface area (Å²) in [4.78, 5) is 19.9. The molecule has 0 radical (unpaired) electrons. The predicted molar refractivity (Wildman–Crippen MR) is 101 cm³/mol. The van der Waals surface area contributed by atoms with E-state index in [1.807, 2.05) is 13.1 Å². The average molecular weight is 364 g/mol. The standard InChI is InChI=1S/C19H33N5O2/c1-17-14-20-23(15-17)16-19(25)24(18-4-12-26-13-5-18)7-3-6-22-10-8-21(2)9-11-22/h14-15,18H,3-13,16H2,1-2H3. The molecule has 1 aromatic rings. The van der Waals surface area contributed by atoms with Gasteiger partial charge >= 0.3 is 0 Å². The first-order valence-corrected chi connectivity index (χ1v) is 9.89. The van der Waals surface area contributed by atoms with E-state index in [0.717, 1.165) is 77.3 Å². The van der Waals surface area contributed by atoms with E-state index in [1.165, 1.54) is 0 Å². The van der Waals surface area contributed by atoms with Gasteiger partial charge in [0.1, 0.15) is 6.54 Å². The van der Waals surface area contributed by atoms with Crippen LogP contribution in [0.4, 0.5) is 0 Å². The quantitative estimate of drug-likeness (QED) is 0.718. The minimum absolute atomic E-state index is 0.179. The normalized spacial score (nSPS) is 20.4. The van der Waals surface area contributed by atoms with Gasteiger partial charge in [-0.3, -0.25) is 9.48 Å². The summed E-state index contributed by atoms with van der Waals surface area (Å²) < 4.78 is 7.25. The lowest BCUT2D eigenvalue weighted by Gasteiger charge is -2.36. The molecule has 0 spiro atoms. The fourth-order valence-corrected chi connectivity index (χ4v) is 3.83. The average Bonchev–Trinajstić information content (AvgIpc) is 3.05. The summed E-state index contributed by atoms with van der Waals surface area (Å²) in [5.41, 5.74) is 1.09. The molecule has 3 heterocycles. The Bertz CT molecular complexity index is 562. The maximum absolute atomic E-state index is 13.0. The largest absolute Gasteiger partial charge is 0.381 e. The van der Waals surface area contributed by atoms with E-state index in [9.17, 15) is 4.79 Å². The van der Waals surface area contributed by atoms with Crippen molar-refractivity contribution in [3.8, 4) is 0 Å². The number of piperazine rings is 1. The van der Waals surface area contributed by atoms with Gasteiger partial charge in [-0.1, -0.05) is 0 Å². The second-order valence-electron chi connectivity index (χ2n) is 7.64. The molecule has 1 amide bonds. The number of rotatable bonds is 7. The first kappa shape index (κ1) is 19.3. The number of likely N-dealkylation sites (N-methyl/N-ethyl adjacent to an activating group) is 1. The Kier molecular flexibility index (Phi) is 7.05. The van der Waals surface area contributed by atoms with Crippen LogP contribution in [0, 0.1) is 6.92 Å². The molecule has 0 bridgehead atoms. The molecule has 26 heavy (non-hydrogen) atoms. The third-order valence-electron chi connectivity index (χ3n) is 5.48. The van der Waals surface area contributed by atoms with Crippen molar-refractivity contribution in [2.45, 2.75) is 38.8 Å². The Morgan fingerprint density at radius 3 is 2.65 bits per heavy atom. The Morgan fingerprint density at radius 2 is 2.00 bits per heavy atom. The Morgan fingerprint density at radius 1 is 1.27 bits per heavy atom. The summed E-state index contributed by atoms with van der Waals surface area (Å²) in [5, 5.41) is 4.28. The molecule has 0 saturated carbocycles. The second kappa shape index (κ2) is 9.48. The van der Waals surface area contributed by atoms with Crippen molar-refractivity contribution >= 4 is 5.91 Å². The fraction of sp³-hybridized carbons (Fsp3) is 0.789. The van der Waals surface area contributed by atoms with Crippen LogP contribution in [0.25, 0.3) is 0 Å². The third-order valence-corrected chi connectivity index (χ3v) is 5.48. The number of aryl methyl sites for hydroxylation is 1. The molecule has 146 valence electrons. The zero-order valence-corrected chi connectivity index (χ0v) is 16.3. The van der Waals surface area contributed by atoms with Crippen LogP contribution in [0.5, 0.6) is 0 Å². The molecular weight excluding hydrogens is 330 g/mol. The van der Waals surface area contributed by atoms with Crippen LogP contribution < -0.4 is 0 Å². The molecule has 1 aromatic heterocycles. The molecule has 2 fully saturated rings. The highest BCUT2D eigenvalue weighted by Crippen LogP contribution is 2.16. The van der Waals surface area contributed by atoms with E-state index in [0.29, 0.717) is 12.6 Å². The van der Waals surface area contributed by atoms with E-state index in [-0.39, 0.29) is 5.91 Å². The molecule has 7 nitrogen and oxygen atoms in total. The first-order valence-electron chi connectivity index (χ1n) is 9.89. The van der Waals surface area contributed by atoms with Gasteiger partial charge in [0, 0.05) is 58.2 Å². The van der Waals surface area contributed by atoms with Gasteiger partial charge in [-0.25, -0.2) is 0 Å². The highest BCUT2D eigenvalue weighted by Gasteiger charge is 2.26. The number of amides is 1. The molecule has 2 saturated heterocycles. The lowest BCUT2D eigenvalue weighted by atomic mass is 10.1. The van der Waals surface area contributed by atoms with Crippen LogP contribution in [0.1, 0.15) is 24.8 Å². The van der Waals surface area contributed by atoms with E-state index in [4.69, 9.17) is 4.74 Å². The summed E-state index contributed by atoms with van der Waals surface area (Å²) in [6.45, 7) is 10.3. The number of hydrogen-bond acceptors (Lipinski definition) is 5. The number of nitrogens with zero attached hydrogens (tertiary/aromatic N) is 5. The van der Waals surface area contributed by atoms with Crippen molar-refractivity contribution in [3.05, 3.63) is 18.0 Å². The van der Waals surface area contributed by atoms with E-state index in [1.54, 1.807) is 10.9 Å². The van der Waals surface area contributed by atoms with Crippen molar-refractivity contribution < 1.29 is 9.53 Å². The molecule has 0 unspecified atom stereocenters. The van der Waals surface area contributed by atoms with Crippen molar-refractivity contribution in [1.82, 2.24) is 24.5 Å². The Balaban J connectivity index is 1.53. The number of aromatic nitrogens is 2. The van der Waals surface area contributed by atoms with Gasteiger partial charge in [-0.05, 0) is 45.3 Å². The van der Waals surface area contributed by atoms with Crippen LogP contribution >= 0.6 is 0 Å². The molecule has 0 atom stereocenters. The number of hydrogen-bond donors (Lipinski definition) is 0. The third kappa shape index (κ3) is 5.53. The monoisotopic (exact) mass is 363 g/mol. The number of ether oxygens (including phenoxy) is 1. The second-order valence-corrected chi connectivity index (χ2v) is 7.64. The highest BCUT2D eigenvalue weighted by atomic mass is 16.5. The molecule has 0 aromatic carbocycles. The maximum atomic E-state index is 13.0. The van der Waals surface area contributed by atoms with Crippen molar-refractivity contribution in [2.24, 2.45) is 0 Å². The summed E-state index contributed by atoms with van der Waals surface area (Å²) in [5.74, 6) is 0.179. The highest BCUT2D eigenvalue weighted by molar-refractivity contribution is 5.76. The van der Waals surface area contributed by atoms with E-state index >= 15 is 0 Å². The SMILES string of the molecule is Cc1cnn(CC(=O)N(CCCN2CCN(C)CC2)C2CCOCC2)c1. The summed E-state index contributed by atoms with van der Waals surface area (Å²) in [6.07, 6.45) is 6.66. The molecular formula is C19H33N5O2. The maximum Gasteiger partial charge on any atom is 0.244 e. The summed E-state index contributed by atoms with van der Waals surface area (Å²) in [6, 6.07) is 0.306. The summed E-state index contributed by atoms with van der Waals surface area (Å²) >= 11 is 0. The van der Waals surface area contributed by atoms with Crippen molar-refractivity contribution in [1.29, 1.82) is 0 Å². The molecule has 2 aliphatic heterocycles. The van der Waals surface area contributed by atoms with E-state index in [2.05, 4.69) is 26.8 Å². The minimum atomic E-state index is 0.179. The van der Waals surface area contributed by atoms with Crippen molar-refractivity contribution in [2.75, 3.05) is 59.5 Å². The van der Waals surface area contributed by atoms with Gasteiger partial charge < -0.3 is 19.4 Å². The Labute approximate surface area is 156 Å². The molecule has 2 aliphatic rings. The van der Waals surface area contributed by atoms with E-state index < -0.39 is 0 Å². The van der Waals surface area contributed by atoms with Gasteiger partial charge in [0.15, 0.2) is 0 Å². The van der Waals surface area contributed by atoms with Crippen LogP contribution in [0.3, 0.4) is 0 Å². The van der Waals surface area contributed by atoms with Crippen LogP contribution in [0.15, 0.2) is 12.4 Å². The van der Waals surface area contributed by atoms with Gasteiger partial charge in [-0.15, -0.1) is 0 Å². The zero-order valence-electron chi connectivity index (χ0n) is 16.3. The molecule has 0 N–H and O–H groups in total. The molecule has 3 rings (SSSR count). The number of carbonyl (C=O) groups is 1. The fourth-order valence-electron chi connectivity index (χ4n) is 3.83. The van der Waals surface area contributed by atoms with Gasteiger partial charge in [-0.2, -0.15) is 5.10 Å². The van der Waals surface area contributed by atoms with Gasteiger partial charge in [0.05, 0.1) is 6.20 Å².